The predicted octanol–water partition coefficient (Wildman–Crippen LogP) is 7.33. The summed E-state index contributed by atoms with van der Waals surface area (Å²) in [7, 11) is 0. The van der Waals surface area contributed by atoms with E-state index in [4.69, 9.17) is 18.7 Å². The molecule has 5 rings (SSSR count). The monoisotopic (exact) mass is 526 g/mol. The molecule has 0 atom stereocenters. The van der Waals surface area contributed by atoms with Gasteiger partial charge in [0.25, 0.3) is 0 Å². The summed E-state index contributed by atoms with van der Waals surface area (Å²) in [6.07, 6.45) is 1.08. The van der Waals surface area contributed by atoms with E-state index in [1.54, 1.807) is 13.8 Å². The van der Waals surface area contributed by atoms with Crippen molar-refractivity contribution in [2.75, 3.05) is 18.1 Å². The van der Waals surface area contributed by atoms with Gasteiger partial charge < -0.3 is 18.7 Å². The van der Waals surface area contributed by atoms with Gasteiger partial charge in [-0.2, -0.15) is 0 Å². The van der Waals surface area contributed by atoms with Gasteiger partial charge in [-0.25, -0.2) is 9.69 Å². The molecule has 8 heteroatoms. The number of carbonyl (C=O) groups is 2. The molecule has 1 saturated carbocycles. The minimum Gasteiger partial charge on any atom is -0.465 e. The first kappa shape index (κ1) is 26.0. The number of esters is 1. The van der Waals surface area contributed by atoms with E-state index in [1.807, 2.05) is 85.8 Å². The normalized spacial score (nSPS) is 13.4. The third-order valence-corrected chi connectivity index (χ3v) is 6.70. The van der Waals surface area contributed by atoms with Crippen molar-refractivity contribution in [2.45, 2.75) is 39.0 Å². The van der Waals surface area contributed by atoms with E-state index < -0.39 is 11.5 Å². The molecule has 0 aliphatic heterocycles. The van der Waals surface area contributed by atoms with Crippen LogP contribution >= 0.6 is 0 Å². The van der Waals surface area contributed by atoms with Gasteiger partial charge in [0.1, 0.15) is 22.9 Å². The minimum atomic E-state index is -0.518. The van der Waals surface area contributed by atoms with Crippen LogP contribution in [0.4, 0.5) is 16.2 Å². The lowest BCUT2D eigenvalue weighted by atomic mass is 9.96. The highest BCUT2D eigenvalue weighted by molar-refractivity contribution is 6.00. The first-order valence-electron chi connectivity index (χ1n) is 13.0. The maximum atomic E-state index is 13.0. The van der Waals surface area contributed by atoms with Crippen molar-refractivity contribution in [3.63, 3.8) is 0 Å². The Balaban J connectivity index is 1.36. The fourth-order valence-corrected chi connectivity index (χ4v) is 4.57. The van der Waals surface area contributed by atoms with E-state index in [9.17, 15) is 9.59 Å². The van der Waals surface area contributed by atoms with Crippen LogP contribution in [0.2, 0.25) is 0 Å². The molecule has 1 fully saturated rings. The van der Waals surface area contributed by atoms with Crippen molar-refractivity contribution in [3.8, 4) is 22.8 Å². The van der Waals surface area contributed by atoms with Crippen molar-refractivity contribution >= 4 is 23.4 Å². The second kappa shape index (κ2) is 11.0. The van der Waals surface area contributed by atoms with Gasteiger partial charge in [0.2, 0.25) is 0 Å². The van der Waals surface area contributed by atoms with Gasteiger partial charge in [0, 0.05) is 5.56 Å². The number of carbonyl (C=O) groups excluding carboxylic acids is 2. The smallest absolute Gasteiger partial charge is 0.419 e. The van der Waals surface area contributed by atoms with Crippen LogP contribution in [-0.4, -0.2) is 30.4 Å². The van der Waals surface area contributed by atoms with Crippen molar-refractivity contribution in [2.24, 2.45) is 0 Å². The molecule has 0 radical (unpaired) electrons. The van der Waals surface area contributed by atoms with Crippen LogP contribution in [0.5, 0.6) is 11.5 Å². The third-order valence-electron chi connectivity index (χ3n) is 6.70. The van der Waals surface area contributed by atoms with E-state index in [1.165, 1.54) is 4.90 Å². The number of para-hydroxylation sites is 1. The molecule has 0 unspecified atom stereocenters. The molecule has 1 aliphatic rings. The molecule has 0 spiro atoms. The highest BCUT2D eigenvalue weighted by Crippen LogP contribution is 2.49. The molecule has 1 heterocycles. The topological polar surface area (TPSA) is 91.1 Å². The summed E-state index contributed by atoms with van der Waals surface area (Å²) in [5, 5.41) is 4.14. The number of hydrogen-bond donors (Lipinski definition) is 0. The minimum absolute atomic E-state index is 0.162. The molecule has 0 bridgehead atoms. The van der Waals surface area contributed by atoms with E-state index in [-0.39, 0.29) is 12.6 Å². The zero-order valence-electron chi connectivity index (χ0n) is 22.2. The molecule has 200 valence electrons. The Bertz CT molecular complexity index is 1440. The number of amides is 1. The van der Waals surface area contributed by atoms with Crippen LogP contribution in [-0.2, 0) is 19.7 Å². The molecule has 1 aliphatic carbocycles. The standard InChI is InChI=1S/C31H30N2O6/c1-4-36-29(34)31(19-20-31)23-13-17-26(18-14-23)38-25-15-11-22(12-16-25)28-27(21(3)32-39-28)33(30(35)37-5-2)24-9-7-6-8-10-24/h6-18H,4-5,19-20H2,1-3H3. The first-order chi connectivity index (χ1) is 19.0. The van der Waals surface area contributed by atoms with Crippen molar-refractivity contribution in [1.82, 2.24) is 5.16 Å². The number of anilines is 2. The second-order valence-corrected chi connectivity index (χ2v) is 9.27. The predicted molar refractivity (Wildman–Crippen MR) is 146 cm³/mol. The zero-order valence-corrected chi connectivity index (χ0v) is 22.2. The van der Waals surface area contributed by atoms with Crippen molar-refractivity contribution in [1.29, 1.82) is 0 Å². The van der Waals surface area contributed by atoms with E-state index in [0.717, 1.165) is 24.0 Å². The molecule has 3 aromatic carbocycles. The van der Waals surface area contributed by atoms with E-state index in [2.05, 4.69) is 5.16 Å². The summed E-state index contributed by atoms with van der Waals surface area (Å²) >= 11 is 0. The van der Waals surface area contributed by atoms with Gasteiger partial charge in [0.05, 0.1) is 24.3 Å². The number of nitrogens with zero attached hydrogens (tertiary/aromatic N) is 2. The molecule has 8 nitrogen and oxygen atoms in total. The number of hydrogen-bond acceptors (Lipinski definition) is 7. The van der Waals surface area contributed by atoms with Gasteiger partial charge in [0.15, 0.2) is 5.76 Å². The van der Waals surface area contributed by atoms with Gasteiger partial charge in [-0.15, -0.1) is 0 Å². The second-order valence-electron chi connectivity index (χ2n) is 9.27. The van der Waals surface area contributed by atoms with Crippen LogP contribution in [0.15, 0.2) is 83.4 Å². The Morgan fingerprint density at radius 2 is 1.49 bits per heavy atom. The van der Waals surface area contributed by atoms with Crippen molar-refractivity contribution in [3.05, 3.63) is 90.1 Å². The Morgan fingerprint density at radius 3 is 2.08 bits per heavy atom. The molecular weight excluding hydrogens is 496 g/mol. The molecule has 4 aromatic rings. The maximum Gasteiger partial charge on any atom is 0.419 e. The maximum absolute atomic E-state index is 13.0. The third kappa shape index (κ3) is 5.23. The largest absolute Gasteiger partial charge is 0.465 e. The number of ether oxygens (including phenoxy) is 3. The van der Waals surface area contributed by atoms with Crippen LogP contribution in [0.1, 0.15) is 37.9 Å². The van der Waals surface area contributed by atoms with Gasteiger partial charge in [-0.3, -0.25) is 4.79 Å². The fraction of sp³-hybridized carbons (Fsp3) is 0.258. The average molecular weight is 527 g/mol. The molecule has 0 saturated heterocycles. The molecule has 39 heavy (non-hydrogen) atoms. The van der Waals surface area contributed by atoms with Gasteiger partial charge in [-0.05, 0) is 87.7 Å². The van der Waals surface area contributed by atoms with Crippen LogP contribution in [0, 0.1) is 6.92 Å². The molecular formula is C31H30N2O6. The van der Waals surface area contributed by atoms with Gasteiger partial charge >= 0.3 is 12.1 Å². The number of aromatic nitrogens is 1. The van der Waals surface area contributed by atoms with Crippen molar-refractivity contribution < 1.29 is 28.3 Å². The highest BCUT2D eigenvalue weighted by Gasteiger charge is 2.52. The van der Waals surface area contributed by atoms with E-state index >= 15 is 0 Å². The molecule has 1 aromatic heterocycles. The Labute approximate surface area is 227 Å². The summed E-state index contributed by atoms with van der Waals surface area (Å²) in [5.74, 6) is 1.56. The first-order valence-corrected chi connectivity index (χ1v) is 13.0. The number of aryl methyl sites for hydroxylation is 1. The quantitative estimate of drug-likeness (QED) is 0.211. The summed E-state index contributed by atoms with van der Waals surface area (Å²) < 4.78 is 22.3. The summed E-state index contributed by atoms with van der Waals surface area (Å²) in [4.78, 5) is 26.8. The van der Waals surface area contributed by atoms with Crippen LogP contribution in [0.3, 0.4) is 0 Å². The number of benzene rings is 3. The van der Waals surface area contributed by atoms with Gasteiger partial charge in [-0.1, -0.05) is 35.5 Å². The Hall–Kier alpha value is -4.59. The molecule has 0 N–H and O–H groups in total. The zero-order chi connectivity index (χ0) is 27.4. The summed E-state index contributed by atoms with van der Waals surface area (Å²) in [6.45, 7) is 5.98. The fourth-order valence-electron chi connectivity index (χ4n) is 4.57. The summed E-state index contributed by atoms with van der Waals surface area (Å²) in [6, 6.07) is 24.1. The Kier molecular flexibility index (Phi) is 7.36. The summed E-state index contributed by atoms with van der Waals surface area (Å²) in [5.41, 5.74) is 2.87. The van der Waals surface area contributed by atoms with Crippen LogP contribution in [0.25, 0.3) is 11.3 Å². The number of rotatable bonds is 9. The Morgan fingerprint density at radius 1 is 0.872 bits per heavy atom. The lowest BCUT2D eigenvalue weighted by Crippen LogP contribution is -2.27. The van der Waals surface area contributed by atoms with Crippen LogP contribution < -0.4 is 9.64 Å². The average Bonchev–Trinajstić information content (AvgIpc) is 3.69. The lowest BCUT2D eigenvalue weighted by Gasteiger charge is -2.22. The van der Waals surface area contributed by atoms with E-state index in [0.29, 0.717) is 40.9 Å². The lowest BCUT2D eigenvalue weighted by molar-refractivity contribution is -0.146. The SMILES string of the molecule is CCOC(=O)N(c1ccccc1)c1c(C)noc1-c1ccc(Oc2ccc(C3(C(=O)OCC)CC3)cc2)cc1. The highest BCUT2D eigenvalue weighted by atomic mass is 16.6. The molecule has 1 amide bonds.